The van der Waals surface area contributed by atoms with Gasteiger partial charge in [0.2, 0.25) is 5.91 Å². The Balaban J connectivity index is 2.33. The number of rotatable bonds is 8. The Bertz CT molecular complexity index is 230. The number of piperidine rings is 1. The highest BCUT2D eigenvalue weighted by molar-refractivity contribution is 5.78. The van der Waals surface area contributed by atoms with Gasteiger partial charge in [-0.05, 0) is 38.9 Å². The van der Waals surface area contributed by atoms with Crippen molar-refractivity contribution in [3.8, 4) is 0 Å². The first kappa shape index (κ1) is 15.4. The molecule has 2 N–H and O–H groups in total. The van der Waals surface area contributed by atoms with E-state index in [9.17, 15) is 4.79 Å². The number of carbonyl (C=O) groups is 1. The molecule has 0 radical (unpaired) electrons. The first-order valence-corrected chi connectivity index (χ1v) is 6.98. The molecule has 5 nitrogen and oxygen atoms in total. The zero-order valence-corrected chi connectivity index (χ0v) is 11.7. The minimum Gasteiger partial charge on any atom is -0.383 e. The van der Waals surface area contributed by atoms with Crippen molar-refractivity contribution in [3.05, 3.63) is 0 Å². The van der Waals surface area contributed by atoms with Crippen LogP contribution in [-0.4, -0.2) is 63.3 Å². The molecule has 0 aliphatic carbocycles. The molecule has 1 amide bonds. The molecule has 1 rings (SSSR count). The predicted molar refractivity (Wildman–Crippen MR) is 72.6 cm³/mol. The summed E-state index contributed by atoms with van der Waals surface area (Å²) in [5.41, 5.74) is 0. The molecular formula is C13H27N3O2. The Kier molecular flexibility index (Phi) is 7.96. The lowest BCUT2D eigenvalue weighted by Crippen LogP contribution is -2.47. The summed E-state index contributed by atoms with van der Waals surface area (Å²) in [6.45, 7) is 6.99. The van der Waals surface area contributed by atoms with Gasteiger partial charge >= 0.3 is 0 Å². The van der Waals surface area contributed by atoms with E-state index in [-0.39, 0.29) is 5.91 Å². The van der Waals surface area contributed by atoms with Gasteiger partial charge in [0.15, 0.2) is 0 Å². The highest BCUT2D eigenvalue weighted by Crippen LogP contribution is 2.11. The average Bonchev–Trinajstić information content (AvgIpc) is 2.39. The molecule has 0 spiro atoms. The number of methoxy groups -OCH3 is 1. The summed E-state index contributed by atoms with van der Waals surface area (Å²) in [6.07, 6.45) is 3.38. The fourth-order valence-corrected chi connectivity index (χ4v) is 2.38. The summed E-state index contributed by atoms with van der Waals surface area (Å²) < 4.78 is 4.92. The van der Waals surface area contributed by atoms with Crippen LogP contribution in [0, 0.1) is 0 Å². The summed E-state index contributed by atoms with van der Waals surface area (Å²) >= 11 is 0. The van der Waals surface area contributed by atoms with Gasteiger partial charge in [0.25, 0.3) is 0 Å². The van der Waals surface area contributed by atoms with Gasteiger partial charge in [-0.2, -0.15) is 0 Å². The van der Waals surface area contributed by atoms with Crippen molar-refractivity contribution < 1.29 is 9.53 Å². The van der Waals surface area contributed by atoms with Gasteiger partial charge in [0.05, 0.1) is 13.2 Å². The quantitative estimate of drug-likeness (QED) is 0.611. The molecule has 1 fully saturated rings. The topological polar surface area (TPSA) is 53.6 Å². The Morgan fingerprint density at radius 1 is 1.44 bits per heavy atom. The summed E-state index contributed by atoms with van der Waals surface area (Å²) in [7, 11) is 1.64. The van der Waals surface area contributed by atoms with Gasteiger partial charge in [0.1, 0.15) is 0 Å². The Morgan fingerprint density at radius 3 is 2.78 bits per heavy atom. The average molecular weight is 257 g/mol. The number of nitrogens with one attached hydrogen (secondary N) is 2. The number of carbonyl (C=O) groups excluding carboxylic acids is 1. The first-order valence-electron chi connectivity index (χ1n) is 6.98. The van der Waals surface area contributed by atoms with Crippen molar-refractivity contribution in [2.75, 3.05) is 46.4 Å². The van der Waals surface area contributed by atoms with Gasteiger partial charge in [-0.25, -0.2) is 0 Å². The maximum absolute atomic E-state index is 11.8. The minimum atomic E-state index is 0.110. The maximum Gasteiger partial charge on any atom is 0.234 e. The van der Waals surface area contributed by atoms with Crippen LogP contribution in [0.1, 0.15) is 26.2 Å². The SMILES string of the molecule is CCCN(CC(=O)NCCOC)C1CCNCC1. The summed E-state index contributed by atoms with van der Waals surface area (Å²) in [5, 5.41) is 6.25. The van der Waals surface area contributed by atoms with Crippen molar-refractivity contribution in [2.45, 2.75) is 32.2 Å². The van der Waals surface area contributed by atoms with Crippen LogP contribution in [0.15, 0.2) is 0 Å². The molecule has 1 aliphatic rings. The molecule has 0 bridgehead atoms. The van der Waals surface area contributed by atoms with Crippen molar-refractivity contribution in [2.24, 2.45) is 0 Å². The van der Waals surface area contributed by atoms with Gasteiger partial charge in [-0.1, -0.05) is 6.92 Å². The molecule has 1 saturated heterocycles. The van der Waals surface area contributed by atoms with Gasteiger partial charge in [-0.15, -0.1) is 0 Å². The molecule has 0 unspecified atom stereocenters. The van der Waals surface area contributed by atoms with E-state index < -0.39 is 0 Å². The highest BCUT2D eigenvalue weighted by Gasteiger charge is 2.21. The summed E-state index contributed by atoms with van der Waals surface area (Å²) in [5.74, 6) is 0.110. The van der Waals surface area contributed by atoms with Crippen LogP contribution in [0.2, 0.25) is 0 Å². The van der Waals surface area contributed by atoms with Crippen LogP contribution in [0.4, 0.5) is 0 Å². The van der Waals surface area contributed by atoms with Crippen molar-refractivity contribution in [1.82, 2.24) is 15.5 Å². The van der Waals surface area contributed by atoms with E-state index in [0.29, 0.717) is 25.7 Å². The lowest BCUT2D eigenvalue weighted by atomic mass is 10.0. The number of hydrogen-bond donors (Lipinski definition) is 2. The molecule has 0 aromatic heterocycles. The van der Waals surface area contributed by atoms with E-state index in [4.69, 9.17) is 4.74 Å². The van der Waals surface area contributed by atoms with Crippen molar-refractivity contribution in [1.29, 1.82) is 0 Å². The standard InChI is InChI=1S/C13H27N3O2/c1-3-9-16(12-4-6-14-7-5-12)11-13(17)15-8-10-18-2/h12,14H,3-11H2,1-2H3,(H,15,17). The Morgan fingerprint density at radius 2 is 2.17 bits per heavy atom. The number of hydrogen-bond acceptors (Lipinski definition) is 4. The third-order valence-corrected chi connectivity index (χ3v) is 3.31. The molecule has 0 aromatic rings. The lowest BCUT2D eigenvalue weighted by molar-refractivity contribution is -0.123. The van der Waals surface area contributed by atoms with Crippen molar-refractivity contribution >= 4 is 5.91 Å². The van der Waals surface area contributed by atoms with Gasteiger partial charge in [0, 0.05) is 19.7 Å². The summed E-state index contributed by atoms with van der Waals surface area (Å²) in [4.78, 5) is 14.1. The van der Waals surface area contributed by atoms with Crippen molar-refractivity contribution in [3.63, 3.8) is 0 Å². The van der Waals surface area contributed by atoms with Crippen LogP contribution in [0.3, 0.4) is 0 Å². The molecule has 1 aliphatic heterocycles. The zero-order chi connectivity index (χ0) is 13.2. The molecule has 5 heteroatoms. The van der Waals surface area contributed by atoms with E-state index in [1.165, 1.54) is 0 Å². The van der Waals surface area contributed by atoms with Crippen LogP contribution in [-0.2, 0) is 9.53 Å². The van der Waals surface area contributed by atoms with E-state index >= 15 is 0 Å². The van der Waals surface area contributed by atoms with Gasteiger partial charge < -0.3 is 15.4 Å². The Hall–Kier alpha value is -0.650. The molecule has 0 saturated carbocycles. The third kappa shape index (κ3) is 5.80. The normalized spacial score (nSPS) is 17.1. The fourth-order valence-electron chi connectivity index (χ4n) is 2.38. The third-order valence-electron chi connectivity index (χ3n) is 3.31. The second kappa shape index (κ2) is 9.30. The Labute approximate surface area is 110 Å². The second-order valence-corrected chi connectivity index (χ2v) is 4.79. The monoisotopic (exact) mass is 257 g/mol. The van der Waals surface area contributed by atoms with Gasteiger partial charge in [-0.3, -0.25) is 9.69 Å². The van der Waals surface area contributed by atoms with E-state index in [1.54, 1.807) is 7.11 Å². The number of nitrogens with zero attached hydrogens (tertiary/aromatic N) is 1. The lowest BCUT2D eigenvalue weighted by Gasteiger charge is -2.34. The van der Waals surface area contributed by atoms with E-state index in [1.807, 2.05) is 0 Å². The minimum absolute atomic E-state index is 0.110. The predicted octanol–water partition coefficient (Wildman–Crippen LogP) is 0.213. The van der Waals surface area contributed by atoms with E-state index in [2.05, 4.69) is 22.5 Å². The summed E-state index contributed by atoms with van der Waals surface area (Å²) in [6, 6.07) is 0.555. The highest BCUT2D eigenvalue weighted by atomic mass is 16.5. The maximum atomic E-state index is 11.8. The van der Waals surface area contributed by atoms with Crippen LogP contribution >= 0.6 is 0 Å². The number of ether oxygens (including phenoxy) is 1. The fraction of sp³-hybridized carbons (Fsp3) is 0.923. The number of amides is 1. The molecule has 0 atom stereocenters. The van der Waals surface area contributed by atoms with E-state index in [0.717, 1.165) is 38.9 Å². The van der Waals surface area contributed by atoms with Crippen LogP contribution in [0.5, 0.6) is 0 Å². The largest absolute Gasteiger partial charge is 0.383 e. The second-order valence-electron chi connectivity index (χ2n) is 4.79. The smallest absolute Gasteiger partial charge is 0.234 e. The molecule has 0 aromatic carbocycles. The zero-order valence-electron chi connectivity index (χ0n) is 11.7. The molecule has 106 valence electrons. The molecule has 1 heterocycles. The van der Waals surface area contributed by atoms with Crippen LogP contribution < -0.4 is 10.6 Å². The van der Waals surface area contributed by atoms with Crippen LogP contribution in [0.25, 0.3) is 0 Å². The molecular weight excluding hydrogens is 230 g/mol. The molecule has 18 heavy (non-hydrogen) atoms. The first-order chi connectivity index (χ1) is 8.77.